The van der Waals surface area contributed by atoms with Crippen molar-refractivity contribution in [3.8, 4) is 0 Å². The van der Waals surface area contributed by atoms with Crippen LogP contribution in [0.25, 0.3) is 0 Å². The molecule has 5 nitrogen and oxygen atoms in total. The van der Waals surface area contributed by atoms with E-state index in [1.165, 1.54) is 12.1 Å². The minimum Gasteiger partial charge on any atom is -0.459 e. The number of amides is 2. The number of hydrogen-bond acceptors (Lipinski definition) is 3. The molecule has 2 rings (SSSR count). The average molecular weight is 356 g/mol. The van der Waals surface area contributed by atoms with Crippen molar-refractivity contribution in [3.63, 3.8) is 0 Å². The third kappa shape index (κ3) is 4.32. The van der Waals surface area contributed by atoms with Gasteiger partial charge in [-0.3, -0.25) is 0 Å². The van der Waals surface area contributed by atoms with Crippen LogP contribution < -0.4 is 10.6 Å². The van der Waals surface area contributed by atoms with Crippen molar-refractivity contribution in [1.82, 2.24) is 10.6 Å². The maximum absolute atomic E-state index is 13.0. The van der Waals surface area contributed by atoms with Gasteiger partial charge >= 0.3 is 18.2 Å². The number of halogens is 3. The van der Waals surface area contributed by atoms with Crippen LogP contribution in [0.2, 0.25) is 0 Å². The predicted octanol–water partition coefficient (Wildman–Crippen LogP) is 3.68. The Morgan fingerprint density at radius 2 is 2.00 bits per heavy atom. The maximum atomic E-state index is 13.0. The molecule has 0 fully saturated rings. The molecule has 0 aromatic heterocycles. The molecule has 0 radical (unpaired) electrons. The fourth-order valence-electron chi connectivity index (χ4n) is 2.56. The smallest absolute Gasteiger partial charge is 0.416 e. The zero-order chi connectivity index (χ0) is 18.8. The summed E-state index contributed by atoms with van der Waals surface area (Å²) in [6.45, 7) is 5.06. The van der Waals surface area contributed by atoms with Gasteiger partial charge in [-0.15, -0.1) is 0 Å². The second-order valence-corrected chi connectivity index (χ2v) is 5.85. The van der Waals surface area contributed by atoms with E-state index in [4.69, 9.17) is 4.74 Å². The molecule has 2 N–H and O–H groups in total. The lowest BCUT2D eigenvalue weighted by molar-refractivity contribution is -0.143. The Morgan fingerprint density at radius 3 is 2.56 bits per heavy atom. The molecule has 1 heterocycles. The molecule has 136 valence electrons. The summed E-state index contributed by atoms with van der Waals surface area (Å²) in [6, 6.07) is 2.93. The zero-order valence-corrected chi connectivity index (χ0v) is 14.0. The minimum atomic E-state index is -4.52. The fraction of sp³-hybridized carbons (Fsp3) is 0.412. The molecule has 8 heteroatoms. The second-order valence-electron chi connectivity index (χ2n) is 5.85. The highest BCUT2D eigenvalue weighted by Gasteiger charge is 2.36. The van der Waals surface area contributed by atoms with Crippen LogP contribution in [-0.2, 0) is 15.7 Å². The molecule has 1 aliphatic heterocycles. The summed E-state index contributed by atoms with van der Waals surface area (Å²) in [5.74, 6) is -0.679. The lowest BCUT2D eigenvalue weighted by Gasteiger charge is -2.29. The highest BCUT2D eigenvalue weighted by Crippen LogP contribution is 2.34. The number of rotatable bonds is 4. The molecular formula is C17H19F3N2O3. The minimum absolute atomic E-state index is 0.107. The van der Waals surface area contributed by atoms with Crippen LogP contribution in [0.3, 0.4) is 0 Å². The molecule has 0 spiro atoms. The molecule has 0 bridgehead atoms. The Balaban J connectivity index is 2.52. The van der Waals surface area contributed by atoms with Gasteiger partial charge in [-0.1, -0.05) is 19.1 Å². The van der Waals surface area contributed by atoms with Crippen molar-refractivity contribution in [2.45, 2.75) is 45.5 Å². The van der Waals surface area contributed by atoms with Crippen LogP contribution in [-0.4, -0.2) is 18.1 Å². The van der Waals surface area contributed by atoms with Gasteiger partial charge in [0, 0.05) is 5.70 Å². The van der Waals surface area contributed by atoms with E-state index in [0.29, 0.717) is 12.1 Å². The van der Waals surface area contributed by atoms with E-state index in [9.17, 15) is 22.8 Å². The molecule has 1 unspecified atom stereocenters. The summed E-state index contributed by atoms with van der Waals surface area (Å²) in [7, 11) is 0. The molecule has 2 amide bonds. The molecule has 1 aliphatic rings. The van der Waals surface area contributed by atoms with Crippen LogP contribution in [0.5, 0.6) is 0 Å². The van der Waals surface area contributed by atoms with Gasteiger partial charge in [-0.05, 0) is 38.0 Å². The molecule has 0 saturated heterocycles. The number of carbonyl (C=O) groups excluding carboxylic acids is 2. The van der Waals surface area contributed by atoms with Gasteiger partial charge in [0.25, 0.3) is 0 Å². The third-order valence-electron chi connectivity index (χ3n) is 3.62. The third-order valence-corrected chi connectivity index (χ3v) is 3.62. The number of benzene rings is 1. The van der Waals surface area contributed by atoms with Gasteiger partial charge in [0.05, 0.1) is 23.3 Å². The normalized spacial score (nSPS) is 18.0. The molecular weight excluding hydrogens is 337 g/mol. The number of hydrogen-bond donors (Lipinski definition) is 2. The Kier molecular flexibility index (Phi) is 5.39. The molecule has 1 atom stereocenters. The van der Waals surface area contributed by atoms with Crippen LogP contribution in [0.4, 0.5) is 18.0 Å². The van der Waals surface area contributed by atoms with Crippen molar-refractivity contribution in [3.05, 3.63) is 46.7 Å². The fourth-order valence-corrected chi connectivity index (χ4v) is 2.56. The van der Waals surface area contributed by atoms with Gasteiger partial charge in [0.15, 0.2) is 0 Å². The van der Waals surface area contributed by atoms with Crippen LogP contribution in [0.15, 0.2) is 35.5 Å². The first-order chi connectivity index (χ1) is 11.6. The summed E-state index contributed by atoms with van der Waals surface area (Å²) in [4.78, 5) is 24.3. The topological polar surface area (TPSA) is 67.4 Å². The highest BCUT2D eigenvalue weighted by atomic mass is 19.4. The summed E-state index contributed by atoms with van der Waals surface area (Å²) in [5.41, 5.74) is -0.259. The zero-order valence-electron chi connectivity index (χ0n) is 14.0. The number of alkyl halides is 3. The van der Waals surface area contributed by atoms with E-state index in [0.717, 1.165) is 12.1 Å². The van der Waals surface area contributed by atoms with E-state index < -0.39 is 35.9 Å². The summed E-state index contributed by atoms with van der Waals surface area (Å²) >= 11 is 0. The number of carbonyl (C=O) groups is 2. The van der Waals surface area contributed by atoms with E-state index >= 15 is 0 Å². The summed E-state index contributed by atoms with van der Waals surface area (Å²) in [5, 5.41) is 5.03. The van der Waals surface area contributed by atoms with E-state index in [-0.39, 0.29) is 11.1 Å². The first-order valence-corrected chi connectivity index (χ1v) is 7.82. The molecule has 0 saturated carbocycles. The summed E-state index contributed by atoms with van der Waals surface area (Å²) < 4.78 is 44.1. The van der Waals surface area contributed by atoms with Crippen LogP contribution in [0.1, 0.15) is 44.4 Å². The SMILES string of the molecule is CCC1=C(C(=O)OC(C)C)C(c2cccc(C(F)(F)F)c2)NC(=O)N1. The van der Waals surface area contributed by atoms with E-state index in [1.54, 1.807) is 20.8 Å². The van der Waals surface area contributed by atoms with Gasteiger partial charge in [0.2, 0.25) is 0 Å². The van der Waals surface area contributed by atoms with E-state index in [2.05, 4.69) is 10.6 Å². The Morgan fingerprint density at radius 1 is 1.32 bits per heavy atom. The first kappa shape index (κ1) is 18.8. The van der Waals surface area contributed by atoms with Gasteiger partial charge in [-0.2, -0.15) is 13.2 Å². The number of allylic oxidation sites excluding steroid dienone is 1. The average Bonchev–Trinajstić information content (AvgIpc) is 2.52. The van der Waals surface area contributed by atoms with Gasteiger partial charge in [0.1, 0.15) is 0 Å². The highest BCUT2D eigenvalue weighted by molar-refractivity contribution is 5.95. The Bertz CT molecular complexity index is 711. The van der Waals surface area contributed by atoms with Crippen molar-refractivity contribution >= 4 is 12.0 Å². The van der Waals surface area contributed by atoms with E-state index in [1.807, 2.05) is 0 Å². The van der Waals surface area contributed by atoms with Crippen molar-refractivity contribution in [2.24, 2.45) is 0 Å². The first-order valence-electron chi connectivity index (χ1n) is 7.82. The van der Waals surface area contributed by atoms with Crippen molar-refractivity contribution in [1.29, 1.82) is 0 Å². The lowest BCUT2D eigenvalue weighted by atomic mass is 9.93. The standard InChI is InChI=1S/C17H19F3N2O3/c1-4-12-13(15(23)25-9(2)3)14(22-16(24)21-12)10-6-5-7-11(8-10)17(18,19)20/h5-9,14H,4H2,1-3H3,(H2,21,22,24). The van der Waals surface area contributed by atoms with Crippen molar-refractivity contribution in [2.75, 3.05) is 0 Å². The quantitative estimate of drug-likeness (QED) is 0.809. The number of esters is 1. The Labute approximate surface area is 143 Å². The lowest BCUT2D eigenvalue weighted by Crippen LogP contribution is -2.46. The second kappa shape index (κ2) is 7.16. The number of nitrogens with one attached hydrogen (secondary N) is 2. The molecule has 1 aromatic rings. The molecule has 1 aromatic carbocycles. The predicted molar refractivity (Wildman–Crippen MR) is 84.4 cm³/mol. The largest absolute Gasteiger partial charge is 0.459 e. The van der Waals surface area contributed by atoms with Gasteiger partial charge < -0.3 is 15.4 Å². The molecule has 25 heavy (non-hydrogen) atoms. The Hall–Kier alpha value is -2.51. The molecule has 0 aliphatic carbocycles. The van der Waals surface area contributed by atoms with Crippen LogP contribution in [0, 0.1) is 0 Å². The maximum Gasteiger partial charge on any atom is 0.416 e. The number of urea groups is 1. The summed E-state index contributed by atoms with van der Waals surface area (Å²) in [6.07, 6.45) is -4.60. The van der Waals surface area contributed by atoms with Gasteiger partial charge in [-0.25, -0.2) is 9.59 Å². The van der Waals surface area contributed by atoms with Crippen molar-refractivity contribution < 1.29 is 27.5 Å². The van der Waals surface area contributed by atoms with Crippen LogP contribution >= 0.6 is 0 Å². The number of ether oxygens (including phenoxy) is 1. The monoisotopic (exact) mass is 356 g/mol.